The molecule has 0 amide bonds. The van der Waals surface area contributed by atoms with Gasteiger partial charge in [-0.05, 0) is 30.7 Å². The molecule has 0 bridgehead atoms. The zero-order valence-electron chi connectivity index (χ0n) is 10.8. The maximum Gasteiger partial charge on any atom is 0.181 e. The first-order valence-corrected chi connectivity index (χ1v) is 6.53. The molecule has 0 aliphatic carbocycles. The first-order valence-electron chi connectivity index (χ1n) is 6.53. The molecule has 0 atom stereocenters. The molecule has 0 unspecified atom stereocenters. The van der Waals surface area contributed by atoms with Crippen molar-refractivity contribution in [3.63, 3.8) is 0 Å². The summed E-state index contributed by atoms with van der Waals surface area (Å²) in [4.78, 5) is 4.09. The molecule has 1 aromatic heterocycles. The lowest BCUT2D eigenvalue weighted by atomic mass is 9.87. The SMILES string of the molecule is OCC1(CNCCc2ccc3ncoc3c2)COC1. The number of rotatable bonds is 6. The molecule has 5 heteroatoms. The van der Waals surface area contributed by atoms with Crippen LogP contribution in [0.2, 0.25) is 0 Å². The summed E-state index contributed by atoms with van der Waals surface area (Å²) >= 11 is 0. The Hall–Kier alpha value is -1.43. The molecule has 1 aliphatic rings. The zero-order valence-corrected chi connectivity index (χ0v) is 10.8. The lowest BCUT2D eigenvalue weighted by molar-refractivity contribution is -0.134. The van der Waals surface area contributed by atoms with Crippen LogP contribution >= 0.6 is 0 Å². The second-order valence-electron chi connectivity index (χ2n) is 5.23. The fourth-order valence-corrected chi connectivity index (χ4v) is 2.28. The molecule has 19 heavy (non-hydrogen) atoms. The molecular weight excluding hydrogens is 244 g/mol. The van der Waals surface area contributed by atoms with E-state index in [9.17, 15) is 5.11 Å². The van der Waals surface area contributed by atoms with Crippen molar-refractivity contribution in [1.29, 1.82) is 0 Å². The van der Waals surface area contributed by atoms with E-state index in [0.29, 0.717) is 13.2 Å². The lowest BCUT2D eigenvalue weighted by Gasteiger charge is -2.40. The summed E-state index contributed by atoms with van der Waals surface area (Å²) in [5.41, 5.74) is 2.88. The second-order valence-corrected chi connectivity index (χ2v) is 5.23. The minimum absolute atomic E-state index is 0.0606. The highest BCUT2D eigenvalue weighted by atomic mass is 16.5. The molecule has 1 aromatic carbocycles. The van der Waals surface area contributed by atoms with Gasteiger partial charge in [0.05, 0.1) is 25.2 Å². The fraction of sp³-hybridized carbons (Fsp3) is 0.500. The van der Waals surface area contributed by atoms with Crippen LogP contribution in [0.5, 0.6) is 0 Å². The van der Waals surface area contributed by atoms with Crippen molar-refractivity contribution < 1.29 is 14.3 Å². The van der Waals surface area contributed by atoms with Crippen LogP contribution in [0.3, 0.4) is 0 Å². The molecule has 2 N–H and O–H groups in total. The van der Waals surface area contributed by atoms with Crippen molar-refractivity contribution in [3.05, 3.63) is 30.2 Å². The standard InChI is InChI=1S/C14H18N2O3/c17-7-14(8-18-9-14)6-15-4-3-11-1-2-12-13(5-11)19-10-16-12/h1-2,5,10,15,17H,3-4,6-9H2. The smallest absolute Gasteiger partial charge is 0.181 e. The number of hydrogen-bond acceptors (Lipinski definition) is 5. The third-order valence-corrected chi connectivity index (χ3v) is 3.64. The van der Waals surface area contributed by atoms with Crippen LogP contribution in [-0.4, -0.2) is 43.0 Å². The first kappa shape index (κ1) is 12.6. The van der Waals surface area contributed by atoms with Crippen LogP contribution in [0, 0.1) is 5.41 Å². The Morgan fingerprint density at radius 1 is 1.37 bits per heavy atom. The molecule has 0 spiro atoms. The van der Waals surface area contributed by atoms with Crippen LogP contribution in [0.15, 0.2) is 29.0 Å². The summed E-state index contributed by atoms with van der Waals surface area (Å²) < 4.78 is 10.4. The minimum atomic E-state index is -0.0606. The van der Waals surface area contributed by atoms with E-state index in [1.54, 1.807) is 0 Å². The highest BCUT2D eigenvalue weighted by molar-refractivity contribution is 5.72. The van der Waals surface area contributed by atoms with Gasteiger partial charge in [-0.15, -0.1) is 0 Å². The number of ether oxygens (including phenoxy) is 1. The van der Waals surface area contributed by atoms with E-state index in [-0.39, 0.29) is 12.0 Å². The average Bonchev–Trinajstić information content (AvgIpc) is 2.84. The van der Waals surface area contributed by atoms with Gasteiger partial charge in [-0.3, -0.25) is 0 Å². The maximum absolute atomic E-state index is 9.31. The fourth-order valence-electron chi connectivity index (χ4n) is 2.28. The summed E-state index contributed by atoms with van der Waals surface area (Å²) in [7, 11) is 0. The number of hydrogen-bond donors (Lipinski definition) is 2. The molecule has 5 nitrogen and oxygen atoms in total. The Balaban J connectivity index is 1.49. The number of fused-ring (bicyclic) bond motifs is 1. The van der Waals surface area contributed by atoms with Crippen molar-refractivity contribution in [2.75, 3.05) is 32.9 Å². The van der Waals surface area contributed by atoms with Crippen molar-refractivity contribution in [2.24, 2.45) is 5.41 Å². The Kier molecular flexibility index (Phi) is 3.50. The van der Waals surface area contributed by atoms with Gasteiger partial charge in [0.25, 0.3) is 0 Å². The van der Waals surface area contributed by atoms with Gasteiger partial charge < -0.3 is 19.6 Å². The van der Waals surface area contributed by atoms with Crippen LogP contribution in [-0.2, 0) is 11.2 Å². The normalized spacial score (nSPS) is 17.5. The largest absolute Gasteiger partial charge is 0.443 e. The third-order valence-electron chi connectivity index (χ3n) is 3.64. The van der Waals surface area contributed by atoms with E-state index in [1.165, 1.54) is 12.0 Å². The van der Waals surface area contributed by atoms with Crippen molar-refractivity contribution >= 4 is 11.1 Å². The predicted octanol–water partition coefficient (Wildman–Crippen LogP) is 0.969. The van der Waals surface area contributed by atoms with Crippen molar-refractivity contribution in [3.8, 4) is 0 Å². The van der Waals surface area contributed by atoms with E-state index in [0.717, 1.165) is 30.6 Å². The van der Waals surface area contributed by atoms with Crippen LogP contribution in [0.1, 0.15) is 5.56 Å². The second kappa shape index (κ2) is 5.28. The first-order chi connectivity index (χ1) is 9.31. The number of aliphatic hydroxyl groups excluding tert-OH is 1. The van der Waals surface area contributed by atoms with Crippen LogP contribution in [0.4, 0.5) is 0 Å². The van der Waals surface area contributed by atoms with E-state index in [2.05, 4.69) is 16.4 Å². The molecular formula is C14H18N2O3. The zero-order chi connectivity index (χ0) is 13.1. The average molecular weight is 262 g/mol. The van der Waals surface area contributed by atoms with Crippen LogP contribution < -0.4 is 5.32 Å². The maximum atomic E-state index is 9.31. The van der Waals surface area contributed by atoms with Gasteiger partial charge in [-0.1, -0.05) is 6.07 Å². The van der Waals surface area contributed by atoms with Crippen molar-refractivity contribution in [2.45, 2.75) is 6.42 Å². The summed E-state index contributed by atoms with van der Waals surface area (Å²) in [5, 5.41) is 12.7. The number of nitrogens with one attached hydrogen (secondary N) is 1. The summed E-state index contributed by atoms with van der Waals surface area (Å²) in [6, 6.07) is 6.07. The highest BCUT2D eigenvalue weighted by Crippen LogP contribution is 2.25. The predicted molar refractivity (Wildman–Crippen MR) is 70.9 cm³/mol. The van der Waals surface area contributed by atoms with Gasteiger partial charge in [-0.2, -0.15) is 0 Å². The molecule has 0 saturated carbocycles. The topological polar surface area (TPSA) is 67.5 Å². The van der Waals surface area contributed by atoms with E-state index in [4.69, 9.17) is 9.15 Å². The Bertz CT molecular complexity index is 543. The molecule has 1 fully saturated rings. The van der Waals surface area contributed by atoms with Gasteiger partial charge in [0.1, 0.15) is 5.52 Å². The van der Waals surface area contributed by atoms with Crippen molar-refractivity contribution in [1.82, 2.24) is 10.3 Å². The van der Waals surface area contributed by atoms with Gasteiger partial charge in [0.2, 0.25) is 0 Å². The molecule has 3 rings (SSSR count). The molecule has 0 radical (unpaired) electrons. The third kappa shape index (κ3) is 2.63. The van der Waals surface area contributed by atoms with E-state index < -0.39 is 0 Å². The van der Waals surface area contributed by atoms with Gasteiger partial charge >= 0.3 is 0 Å². The Labute approximate surface area is 111 Å². The van der Waals surface area contributed by atoms with Gasteiger partial charge in [-0.25, -0.2) is 4.98 Å². The Morgan fingerprint density at radius 3 is 3.00 bits per heavy atom. The quantitative estimate of drug-likeness (QED) is 0.759. The van der Waals surface area contributed by atoms with E-state index in [1.807, 2.05) is 12.1 Å². The highest BCUT2D eigenvalue weighted by Gasteiger charge is 2.37. The lowest BCUT2D eigenvalue weighted by Crippen LogP contribution is -2.52. The number of nitrogens with zero attached hydrogens (tertiary/aromatic N) is 1. The number of benzene rings is 1. The summed E-state index contributed by atoms with van der Waals surface area (Å²) in [5.74, 6) is 0. The molecule has 2 heterocycles. The number of oxazole rings is 1. The monoisotopic (exact) mass is 262 g/mol. The minimum Gasteiger partial charge on any atom is -0.443 e. The van der Waals surface area contributed by atoms with E-state index >= 15 is 0 Å². The summed E-state index contributed by atoms with van der Waals surface area (Å²) in [6.45, 7) is 3.17. The number of aliphatic hydroxyl groups is 1. The number of aromatic nitrogens is 1. The molecule has 1 saturated heterocycles. The van der Waals surface area contributed by atoms with Gasteiger partial charge in [0.15, 0.2) is 12.0 Å². The Morgan fingerprint density at radius 2 is 2.26 bits per heavy atom. The molecule has 1 aliphatic heterocycles. The molecule has 102 valence electrons. The summed E-state index contributed by atoms with van der Waals surface area (Å²) in [6.07, 6.45) is 2.40. The van der Waals surface area contributed by atoms with Crippen LogP contribution in [0.25, 0.3) is 11.1 Å². The van der Waals surface area contributed by atoms with Gasteiger partial charge in [0, 0.05) is 6.54 Å². The molecule has 2 aromatic rings.